The lowest BCUT2D eigenvalue weighted by atomic mass is 9.81. The zero-order valence-corrected chi connectivity index (χ0v) is 14.3. The number of ether oxygens (including phenoxy) is 1. The predicted molar refractivity (Wildman–Crippen MR) is 93.0 cm³/mol. The van der Waals surface area contributed by atoms with Crippen LogP contribution in [0.5, 0.6) is 5.75 Å². The van der Waals surface area contributed by atoms with Crippen LogP contribution in [0.25, 0.3) is 0 Å². The Hall–Kier alpha value is -1.67. The van der Waals surface area contributed by atoms with Gasteiger partial charge in [-0.2, -0.15) is 0 Å². The van der Waals surface area contributed by atoms with Crippen molar-refractivity contribution in [3.05, 3.63) is 59.1 Å². The summed E-state index contributed by atoms with van der Waals surface area (Å²) in [6, 6.07) is 16.4. The molecule has 3 heteroatoms. The number of halogens is 1. The average Bonchev–Trinajstić information content (AvgIpc) is 2.68. The van der Waals surface area contributed by atoms with Crippen molar-refractivity contribution in [2.75, 3.05) is 4.90 Å². The van der Waals surface area contributed by atoms with Gasteiger partial charge in [0, 0.05) is 27.7 Å². The van der Waals surface area contributed by atoms with Gasteiger partial charge in [0.05, 0.1) is 0 Å². The van der Waals surface area contributed by atoms with Crippen LogP contribution in [-0.4, -0.2) is 12.3 Å². The SMILES string of the molecule is CC(Oc1ccccc1)N1c2cccc(Cl)c2C(C)(C)C1C. The first-order chi connectivity index (χ1) is 10.4. The number of hydrogen-bond acceptors (Lipinski definition) is 2. The third kappa shape index (κ3) is 2.36. The highest BCUT2D eigenvalue weighted by atomic mass is 35.5. The molecule has 0 fully saturated rings. The summed E-state index contributed by atoms with van der Waals surface area (Å²) in [6.45, 7) is 8.83. The van der Waals surface area contributed by atoms with Crippen LogP contribution < -0.4 is 9.64 Å². The summed E-state index contributed by atoms with van der Waals surface area (Å²) < 4.78 is 6.14. The maximum atomic E-state index is 6.48. The van der Waals surface area contributed by atoms with Gasteiger partial charge in [-0.25, -0.2) is 0 Å². The molecule has 116 valence electrons. The minimum absolute atomic E-state index is 0.0119. The fourth-order valence-electron chi connectivity index (χ4n) is 3.39. The molecule has 0 saturated carbocycles. The van der Waals surface area contributed by atoms with Crippen molar-refractivity contribution >= 4 is 17.3 Å². The van der Waals surface area contributed by atoms with Gasteiger partial charge in [0.15, 0.2) is 6.23 Å². The minimum atomic E-state index is -0.0589. The molecule has 3 rings (SSSR count). The summed E-state index contributed by atoms with van der Waals surface area (Å²) in [5.74, 6) is 0.885. The van der Waals surface area contributed by atoms with E-state index in [-0.39, 0.29) is 11.6 Å². The van der Waals surface area contributed by atoms with Gasteiger partial charge in [-0.3, -0.25) is 0 Å². The Kier molecular flexibility index (Phi) is 3.82. The molecule has 2 unspecified atom stereocenters. The van der Waals surface area contributed by atoms with Crippen LogP contribution in [0.2, 0.25) is 5.02 Å². The monoisotopic (exact) mass is 315 g/mol. The molecule has 0 N–H and O–H groups in total. The van der Waals surface area contributed by atoms with E-state index in [4.69, 9.17) is 16.3 Å². The highest BCUT2D eigenvalue weighted by molar-refractivity contribution is 6.32. The van der Waals surface area contributed by atoms with Crippen LogP contribution in [0.15, 0.2) is 48.5 Å². The minimum Gasteiger partial charge on any atom is -0.471 e. The van der Waals surface area contributed by atoms with Gasteiger partial charge in [-0.15, -0.1) is 0 Å². The Morgan fingerprint density at radius 2 is 1.77 bits per heavy atom. The maximum Gasteiger partial charge on any atom is 0.169 e. The van der Waals surface area contributed by atoms with Crippen LogP contribution in [0.1, 0.15) is 33.3 Å². The van der Waals surface area contributed by atoms with Crippen molar-refractivity contribution in [3.63, 3.8) is 0 Å². The molecule has 1 heterocycles. The Morgan fingerprint density at radius 1 is 1.09 bits per heavy atom. The highest BCUT2D eigenvalue weighted by Crippen LogP contribution is 2.49. The van der Waals surface area contributed by atoms with E-state index in [1.165, 1.54) is 11.3 Å². The summed E-state index contributed by atoms with van der Waals surface area (Å²) in [5, 5.41) is 0.837. The number of rotatable bonds is 3. The van der Waals surface area contributed by atoms with E-state index in [0.717, 1.165) is 10.8 Å². The van der Waals surface area contributed by atoms with Crippen molar-refractivity contribution in [2.45, 2.75) is 45.4 Å². The lowest BCUT2D eigenvalue weighted by Crippen LogP contribution is -2.46. The first-order valence-electron chi connectivity index (χ1n) is 7.72. The van der Waals surface area contributed by atoms with Gasteiger partial charge >= 0.3 is 0 Å². The third-order valence-corrected chi connectivity index (χ3v) is 5.13. The van der Waals surface area contributed by atoms with Crippen molar-refractivity contribution in [3.8, 4) is 5.75 Å². The van der Waals surface area contributed by atoms with Gasteiger partial charge in [0.2, 0.25) is 0 Å². The first kappa shape index (κ1) is 15.2. The maximum absolute atomic E-state index is 6.48. The van der Waals surface area contributed by atoms with E-state index in [0.29, 0.717) is 6.04 Å². The molecule has 2 nitrogen and oxygen atoms in total. The standard InChI is InChI=1S/C19H22ClNO/c1-13-19(3,4)18-16(20)11-8-12-17(18)21(13)14(2)22-15-9-6-5-7-10-15/h5-14H,1-4H3. The highest BCUT2D eigenvalue weighted by Gasteiger charge is 2.45. The molecule has 0 bridgehead atoms. The number of nitrogens with zero attached hydrogens (tertiary/aromatic N) is 1. The molecule has 1 aliphatic heterocycles. The fourth-order valence-corrected chi connectivity index (χ4v) is 3.81. The second-order valence-electron chi connectivity index (χ2n) is 6.47. The number of fused-ring (bicyclic) bond motifs is 1. The average molecular weight is 316 g/mol. The van der Waals surface area contributed by atoms with E-state index in [2.05, 4.69) is 38.7 Å². The summed E-state index contributed by atoms with van der Waals surface area (Å²) in [4.78, 5) is 2.33. The molecule has 0 radical (unpaired) electrons. The zero-order chi connectivity index (χ0) is 15.9. The van der Waals surface area contributed by atoms with Crippen LogP contribution in [0.4, 0.5) is 5.69 Å². The lowest BCUT2D eigenvalue weighted by molar-refractivity contribution is 0.197. The second-order valence-corrected chi connectivity index (χ2v) is 6.88. The quantitative estimate of drug-likeness (QED) is 0.767. The smallest absolute Gasteiger partial charge is 0.169 e. The molecule has 2 atom stereocenters. The molecular weight excluding hydrogens is 294 g/mol. The summed E-state index contributed by atoms with van der Waals surface area (Å²) in [5.41, 5.74) is 2.38. The van der Waals surface area contributed by atoms with Crippen LogP contribution in [0, 0.1) is 0 Å². The molecule has 0 aliphatic carbocycles. The number of anilines is 1. The van der Waals surface area contributed by atoms with Gasteiger partial charge in [-0.05, 0) is 38.1 Å². The van der Waals surface area contributed by atoms with E-state index >= 15 is 0 Å². The predicted octanol–water partition coefficient (Wildman–Crippen LogP) is 5.25. The molecule has 0 aromatic heterocycles. The molecule has 22 heavy (non-hydrogen) atoms. The molecule has 0 saturated heterocycles. The number of hydrogen-bond donors (Lipinski definition) is 0. The van der Waals surface area contributed by atoms with E-state index in [1.54, 1.807) is 0 Å². The fraction of sp³-hybridized carbons (Fsp3) is 0.368. The molecule has 2 aromatic rings. The van der Waals surface area contributed by atoms with E-state index in [9.17, 15) is 0 Å². The third-order valence-electron chi connectivity index (χ3n) is 4.82. The number of para-hydroxylation sites is 1. The van der Waals surface area contributed by atoms with Crippen LogP contribution in [-0.2, 0) is 5.41 Å². The van der Waals surface area contributed by atoms with E-state index in [1.807, 2.05) is 42.5 Å². The van der Waals surface area contributed by atoms with Gasteiger partial charge in [-0.1, -0.05) is 49.7 Å². The van der Waals surface area contributed by atoms with Crippen molar-refractivity contribution in [1.29, 1.82) is 0 Å². The molecule has 1 aliphatic rings. The zero-order valence-electron chi connectivity index (χ0n) is 13.5. The molecule has 2 aromatic carbocycles. The largest absolute Gasteiger partial charge is 0.471 e. The Balaban J connectivity index is 1.96. The van der Waals surface area contributed by atoms with Crippen molar-refractivity contribution in [2.24, 2.45) is 0 Å². The lowest BCUT2D eigenvalue weighted by Gasteiger charge is -2.35. The molecular formula is C19H22ClNO. The first-order valence-corrected chi connectivity index (χ1v) is 8.09. The topological polar surface area (TPSA) is 12.5 Å². The number of benzene rings is 2. The normalized spacial score (nSPS) is 20.6. The summed E-state index contributed by atoms with van der Waals surface area (Å²) in [7, 11) is 0. The van der Waals surface area contributed by atoms with E-state index < -0.39 is 0 Å². The van der Waals surface area contributed by atoms with Crippen LogP contribution in [0.3, 0.4) is 0 Å². The Labute approximate surface area is 137 Å². The van der Waals surface area contributed by atoms with Gasteiger partial charge in [0.25, 0.3) is 0 Å². The molecule has 0 amide bonds. The second kappa shape index (κ2) is 5.51. The summed E-state index contributed by atoms with van der Waals surface area (Å²) >= 11 is 6.48. The van der Waals surface area contributed by atoms with Gasteiger partial charge < -0.3 is 9.64 Å². The Morgan fingerprint density at radius 3 is 2.45 bits per heavy atom. The van der Waals surface area contributed by atoms with Gasteiger partial charge in [0.1, 0.15) is 5.75 Å². The van der Waals surface area contributed by atoms with Crippen LogP contribution >= 0.6 is 11.6 Å². The van der Waals surface area contributed by atoms with Crippen molar-refractivity contribution < 1.29 is 4.74 Å². The van der Waals surface area contributed by atoms with Crippen molar-refractivity contribution in [1.82, 2.24) is 0 Å². The molecule has 0 spiro atoms. The Bertz CT molecular complexity index is 668. The summed E-state index contributed by atoms with van der Waals surface area (Å²) in [6.07, 6.45) is -0.0589.